The number of benzene rings is 6. The van der Waals surface area contributed by atoms with E-state index >= 15 is 0 Å². The van der Waals surface area contributed by atoms with Crippen LogP contribution in [0.3, 0.4) is 0 Å². The Morgan fingerprint density at radius 1 is 0.478 bits per heavy atom. The highest BCUT2D eigenvalue weighted by Crippen LogP contribution is 2.39. The van der Waals surface area contributed by atoms with E-state index in [9.17, 15) is 14.4 Å². The second-order valence-corrected chi connectivity index (χ2v) is 13.8. The number of unbranched alkanes of at least 4 members (excludes halogenated alkanes) is 1. The summed E-state index contributed by atoms with van der Waals surface area (Å²) in [5.41, 5.74) is 10.4. The van der Waals surface area contributed by atoms with Crippen LogP contribution in [-0.2, 0) is 11.1 Å². The molecule has 0 aliphatic carbocycles. The van der Waals surface area contributed by atoms with Crippen molar-refractivity contribution in [1.29, 1.82) is 0 Å². The van der Waals surface area contributed by atoms with Gasteiger partial charge < -0.3 is 18.9 Å². The monoisotopic (exact) mass is 620 g/mol. The summed E-state index contributed by atoms with van der Waals surface area (Å²) in [7, 11) is -4.01. The molecule has 0 saturated heterocycles. The molecule has 46 heavy (non-hydrogen) atoms. The van der Waals surface area contributed by atoms with E-state index in [1.807, 2.05) is 12.1 Å². The molecule has 0 spiro atoms. The molecule has 0 radical (unpaired) electrons. The van der Waals surface area contributed by atoms with E-state index in [0.29, 0.717) is 19.4 Å². The van der Waals surface area contributed by atoms with Crippen LogP contribution >= 0.6 is 7.60 Å². The summed E-state index contributed by atoms with van der Waals surface area (Å²) in [6.45, 7) is 0.689. The molecule has 8 rings (SSSR count). The van der Waals surface area contributed by atoms with Crippen molar-refractivity contribution in [3.63, 3.8) is 0 Å². The van der Waals surface area contributed by atoms with Crippen LogP contribution in [0.1, 0.15) is 12.8 Å². The van der Waals surface area contributed by atoms with Crippen molar-refractivity contribution in [2.45, 2.75) is 19.4 Å². The third-order valence-corrected chi connectivity index (χ3v) is 9.97. The fraction of sp³-hybridized carbons (Fsp3) is 0.100. The minimum atomic E-state index is -4.01. The third-order valence-electron chi connectivity index (χ3n) is 9.07. The van der Waals surface area contributed by atoms with Crippen molar-refractivity contribution in [3.05, 3.63) is 140 Å². The number of fused-ring (bicyclic) bond motifs is 6. The van der Waals surface area contributed by atoms with Crippen LogP contribution in [0, 0.1) is 0 Å². The van der Waals surface area contributed by atoms with Gasteiger partial charge in [-0.2, -0.15) is 0 Å². The predicted octanol–water partition coefficient (Wildman–Crippen LogP) is 10.2. The number of hydrogen-bond donors (Lipinski definition) is 2. The first kappa shape index (κ1) is 28.5. The van der Waals surface area contributed by atoms with Crippen molar-refractivity contribution >= 4 is 51.2 Å². The lowest BCUT2D eigenvalue weighted by Crippen LogP contribution is -1.99. The van der Waals surface area contributed by atoms with Crippen molar-refractivity contribution in [3.8, 4) is 27.9 Å². The summed E-state index contributed by atoms with van der Waals surface area (Å²) in [4.78, 5) is 18.8. The van der Waals surface area contributed by atoms with Crippen molar-refractivity contribution < 1.29 is 14.4 Å². The summed E-state index contributed by atoms with van der Waals surface area (Å²) < 4.78 is 16.1. The van der Waals surface area contributed by atoms with Gasteiger partial charge in [0.25, 0.3) is 0 Å². The van der Waals surface area contributed by atoms with Gasteiger partial charge in [0.05, 0.1) is 11.0 Å². The number of nitrogens with zero attached hydrogens (tertiary/aromatic N) is 2. The molecule has 0 aliphatic heterocycles. The molecule has 5 nitrogen and oxygen atoms in total. The van der Waals surface area contributed by atoms with E-state index in [0.717, 1.165) is 33.4 Å². The lowest BCUT2D eigenvalue weighted by Gasteiger charge is -2.10. The zero-order valence-electron chi connectivity index (χ0n) is 25.3. The van der Waals surface area contributed by atoms with Crippen molar-refractivity contribution in [2.75, 3.05) is 6.16 Å². The molecule has 0 unspecified atom stereocenters. The van der Waals surface area contributed by atoms with Gasteiger partial charge in [0, 0.05) is 51.0 Å². The molecule has 0 fully saturated rings. The summed E-state index contributed by atoms with van der Waals surface area (Å²) in [6, 6.07) is 49.6. The summed E-state index contributed by atoms with van der Waals surface area (Å²) in [6.07, 6.45) is 1.08. The van der Waals surface area contributed by atoms with E-state index in [1.165, 1.54) is 38.1 Å². The van der Waals surface area contributed by atoms with Gasteiger partial charge in [-0.3, -0.25) is 4.57 Å². The van der Waals surface area contributed by atoms with Gasteiger partial charge in [-0.1, -0.05) is 84.9 Å². The SMILES string of the molecule is O=P(O)(O)CCCCn1c2ccc(-c3ccccc3)cc2c2cc(-c3ccc4c(c3)c3ccccc3n4-c3ccccc3)ccc21. The molecule has 2 heterocycles. The van der Waals surface area contributed by atoms with Crippen LogP contribution in [-0.4, -0.2) is 25.1 Å². The fourth-order valence-electron chi connectivity index (χ4n) is 6.93. The van der Waals surface area contributed by atoms with Crippen LogP contribution in [0.2, 0.25) is 0 Å². The fourth-order valence-corrected chi connectivity index (χ4v) is 7.57. The van der Waals surface area contributed by atoms with Crippen LogP contribution in [0.25, 0.3) is 71.6 Å². The van der Waals surface area contributed by atoms with Gasteiger partial charge in [-0.15, -0.1) is 0 Å². The number of hydrogen-bond acceptors (Lipinski definition) is 1. The van der Waals surface area contributed by atoms with E-state index < -0.39 is 7.60 Å². The Morgan fingerprint density at radius 3 is 1.61 bits per heavy atom. The first-order valence-corrected chi connectivity index (χ1v) is 17.5. The Bertz CT molecular complexity index is 2420. The smallest absolute Gasteiger partial charge is 0.325 e. The molecule has 8 aromatic rings. The zero-order valence-corrected chi connectivity index (χ0v) is 26.1. The van der Waals surface area contributed by atoms with Crippen molar-refractivity contribution in [2.24, 2.45) is 0 Å². The summed E-state index contributed by atoms with van der Waals surface area (Å²) >= 11 is 0. The highest BCUT2D eigenvalue weighted by atomic mass is 31.2. The first-order chi connectivity index (χ1) is 22.4. The van der Waals surface area contributed by atoms with E-state index in [2.05, 4.69) is 137 Å². The number of aryl methyl sites for hydroxylation is 1. The molecule has 2 aromatic heterocycles. The highest BCUT2D eigenvalue weighted by molar-refractivity contribution is 7.51. The predicted molar refractivity (Wildman–Crippen MR) is 191 cm³/mol. The van der Waals surface area contributed by atoms with Crippen LogP contribution in [0.5, 0.6) is 0 Å². The molecular weight excluding hydrogens is 587 g/mol. The van der Waals surface area contributed by atoms with Crippen molar-refractivity contribution in [1.82, 2.24) is 9.13 Å². The van der Waals surface area contributed by atoms with Gasteiger partial charge in [-0.05, 0) is 89.7 Å². The standard InChI is InChI=1S/C40H33N2O3P/c43-46(44,45)24-10-9-23-41-37-20-17-29(28-11-3-1-4-12-28)25-35(37)36-27-30(18-21-38(36)41)31-19-22-40-34(26-31)33-15-7-8-16-39(33)42(40)32-13-5-2-6-14-32/h1-8,11-22,25-27H,9-10,23-24H2,(H2,43,44,45). The Morgan fingerprint density at radius 2 is 0.978 bits per heavy atom. The lowest BCUT2D eigenvalue weighted by molar-refractivity contribution is 0.370. The second kappa shape index (κ2) is 11.5. The molecule has 0 bridgehead atoms. The number of rotatable bonds is 8. The molecule has 6 aromatic carbocycles. The van der Waals surface area contributed by atoms with E-state index in [1.54, 1.807) is 0 Å². The number of aromatic nitrogens is 2. The van der Waals surface area contributed by atoms with Gasteiger partial charge in [0.1, 0.15) is 0 Å². The van der Waals surface area contributed by atoms with Crippen LogP contribution < -0.4 is 0 Å². The van der Waals surface area contributed by atoms with Gasteiger partial charge in [0.15, 0.2) is 0 Å². The maximum absolute atomic E-state index is 11.5. The average molecular weight is 621 g/mol. The van der Waals surface area contributed by atoms with Gasteiger partial charge >= 0.3 is 7.60 Å². The highest BCUT2D eigenvalue weighted by Gasteiger charge is 2.17. The van der Waals surface area contributed by atoms with Crippen LogP contribution in [0.4, 0.5) is 0 Å². The Labute approximate surface area is 267 Å². The Kier molecular flexibility index (Phi) is 7.11. The Balaban J connectivity index is 1.27. The van der Waals surface area contributed by atoms with Gasteiger partial charge in [0.2, 0.25) is 0 Å². The maximum Gasteiger partial charge on any atom is 0.325 e. The molecule has 6 heteroatoms. The molecule has 0 saturated carbocycles. The lowest BCUT2D eigenvalue weighted by atomic mass is 9.99. The second-order valence-electron chi connectivity index (χ2n) is 12.0. The normalized spacial score (nSPS) is 12.1. The molecule has 0 atom stereocenters. The first-order valence-electron chi connectivity index (χ1n) is 15.7. The van der Waals surface area contributed by atoms with E-state index in [-0.39, 0.29) is 6.16 Å². The molecule has 226 valence electrons. The van der Waals surface area contributed by atoms with E-state index in [4.69, 9.17) is 0 Å². The number of para-hydroxylation sites is 2. The zero-order chi connectivity index (χ0) is 31.3. The quantitative estimate of drug-likeness (QED) is 0.131. The molecule has 0 aliphatic rings. The average Bonchev–Trinajstić information content (AvgIpc) is 3.58. The maximum atomic E-state index is 11.5. The summed E-state index contributed by atoms with van der Waals surface area (Å²) in [5, 5.41) is 4.79. The molecule has 2 N–H and O–H groups in total. The minimum Gasteiger partial charge on any atom is -0.340 e. The Hall–Kier alpha value is -4.93. The largest absolute Gasteiger partial charge is 0.340 e. The third kappa shape index (κ3) is 5.13. The topological polar surface area (TPSA) is 67.4 Å². The van der Waals surface area contributed by atoms with Crippen LogP contribution in [0.15, 0.2) is 140 Å². The summed E-state index contributed by atoms with van der Waals surface area (Å²) in [5.74, 6) is 0. The molecule has 0 amide bonds. The minimum absolute atomic E-state index is 0.0877. The molecular formula is C40H33N2O3P. The van der Waals surface area contributed by atoms with Gasteiger partial charge in [-0.25, -0.2) is 0 Å².